The number of nitrogens with one attached hydrogen (secondary N) is 1. The van der Waals surface area contributed by atoms with Gasteiger partial charge in [-0.05, 0) is 38.3 Å². The van der Waals surface area contributed by atoms with Gasteiger partial charge in [-0.1, -0.05) is 12.2 Å². The third-order valence-corrected chi connectivity index (χ3v) is 3.90. The Morgan fingerprint density at radius 1 is 1.26 bits per heavy atom. The molecular formula is C17H19NO5. The lowest BCUT2D eigenvalue weighted by Crippen LogP contribution is -2.32. The molecule has 1 aliphatic carbocycles. The summed E-state index contributed by atoms with van der Waals surface area (Å²) in [5.41, 5.74) is 0.572. The Labute approximate surface area is 134 Å². The minimum absolute atomic E-state index is 0.152. The second kappa shape index (κ2) is 6.73. The Morgan fingerprint density at radius 2 is 2.09 bits per heavy atom. The maximum atomic E-state index is 12.2. The van der Waals surface area contributed by atoms with E-state index in [4.69, 9.17) is 14.2 Å². The predicted octanol–water partition coefficient (Wildman–Crippen LogP) is 2.64. The maximum Gasteiger partial charge on any atom is 0.310 e. The number of esters is 1. The summed E-state index contributed by atoms with van der Waals surface area (Å²) >= 11 is 0. The van der Waals surface area contributed by atoms with E-state index in [1.54, 1.807) is 25.1 Å². The van der Waals surface area contributed by atoms with Crippen molar-refractivity contribution in [2.24, 2.45) is 5.92 Å². The number of ether oxygens (including phenoxy) is 3. The standard InChI is InChI=1S/C17H19NO5/c1-11(23-17(20)12-5-3-2-4-6-12)16(19)18-13-7-8-14-15(9-13)22-10-21-14/h2-3,7-9,11-12H,4-6,10H2,1H3,(H,18,19)/t11-,12-/m1/s1. The smallest absolute Gasteiger partial charge is 0.310 e. The fourth-order valence-electron chi connectivity index (χ4n) is 2.55. The number of allylic oxidation sites excluding steroid dienone is 2. The highest BCUT2D eigenvalue weighted by Gasteiger charge is 2.25. The lowest BCUT2D eigenvalue weighted by atomic mass is 9.95. The average molecular weight is 317 g/mol. The minimum Gasteiger partial charge on any atom is -0.454 e. The highest BCUT2D eigenvalue weighted by molar-refractivity contribution is 5.95. The number of carbonyl (C=O) groups excluding carboxylic acids is 2. The number of amides is 1. The van der Waals surface area contributed by atoms with Crippen LogP contribution < -0.4 is 14.8 Å². The van der Waals surface area contributed by atoms with Crippen molar-refractivity contribution in [3.05, 3.63) is 30.4 Å². The van der Waals surface area contributed by atoms with Crippen LogP contribution in [0.4, 0.5) is 5.69 Å². The zero-order valence-electron chi connectivity index (χ0n) is 12.9. The topological polar surface area (TPSA) is 73.9 Å². The van der Waals surface area contributed by atoms with E-state index >= 15 is 0 Å². The fourth-order valence-corrected chi connectivity index (χ4v) is 2.55. The van der Waals surface area contributed by atoms with Crippen molar-refractivity contribution in [1.82, 2.24) is 0 Å². The fraction of sp³-hybridized carbons (Fsp3) is 0.412. The summed E-state index contributed by atoms with van der Waals surface area (Å²) in [7, 11) is 0. The second-order valence-corrected chi connectivity index (χ2v) is 5.62. The SMILES string of the molecule is C[C@@H](OC(=O)[C@@H]1CC=CCC1)C(=O)Nc1ccc2c(c1)OCO2. The van der Waals surface area contributed by atoms with E-state index in [0.717, 1.165) is 12.8 Å². The number of carbonyl (C=O) groups is 2. The third kappa shape index (κ3) is 3.64. The van der Waals surface area contributed by atoms with Crippen molar-refractivity contribution in [3.8, 4) is 11.5 Å². The molecule has 0 radical (unpaired) electrons. The van der Waals surface area contributed by atoms with Gasteiger partial charge in [0.15, 0.2) is 17.6 Å². The molecule has 6 nitrogen and oxygen atoms in total. The Balaban J connectivity index is 1.55. The van der Waals surface area contributed by atoms with E-state index in [2.05, 4.69) is 11.4 Å². The molecule has 0 saturated carbocycles. The van der Waals surface area contributed by atoms with Crippen LogP contribution in [0, 0.1) is 5.92 Å². The minimum atomic E-state index is -0.848. The maximum absolute atomic E-state index is 12.2. The van der Waals surface area contributed by atoms with Crippen LogP contribution in [0.15, 0.2) is 30.4 Å². The lowest BCUT2D eigenvalue weighted by Gasteiger charge is -2.19. The Bertz CT molecular complexity index is 640. The predicted molar refractivity (Wildman–Crippen MR) is 83.2 cm³/mol. The van der Waals surface area contributed by atoms with Gasteiger partial charge >= 0.3 is 5.97 Å². The van der Waals surface area contributed by atoms with E-state index in [1.165, 1.54) is 0 Å². The summed E-state index contributed by atoms with van der Waals surface area (Å²) in [4.78, 5) is 24.2. The number of hydrogen-bond donors (Lipinski definition) is 1. The van der Waals surface area contributed by atoms with Crippen LogP contribution in [0.25, 0.3) is 0 Å². The van der Waals surface area contributed by atoms with Gasteiger partial charge in [0, 0.05) is 11.8 Å². The molecule has 1 amide bonds. The van der Waals surface area contributed by atoms with Crippen LogP contribution in [0.5, 0.6) is 11.5 Å². The summed E-state index contributed by atoms with van der Waals surface area (Å²) < 4.78 is 15.8. The van der Waals surface area contributed by atoms with E-state index in [1.807, 2.05) is 6.08 Å². The van der Waals surface area contributed by atoms with Crippen LogP contribution in [-0.2, 0) is 14.3 Å². The van der Waals surface area contributed by atoms with E-state index in [9.17, 15) is 9.59 Å². The van der Waals surface area contributed by atoms with Gasteiger partial charge in [-0.2, -0.15) is 0 Å². The third-order valence-electron chi connectivity index (χ3n) is 3.90. The quantitative estimate of drug-likeness (QED) is 0.682. The summed E-state index contributed by atoms with van der Waals surface area (Å²) in [6, 6.07) is 5.12. The van der Waals surface area contributed by atoms with Gasteiger partial charge in [-0.3, -0.25) is 9.59 Å². The molecule has 122 valence electrons. The first-order chi connectivity index (χ1) is 11.1. The van der Waals surface area contributed by atoms with Crippen molar-refractivity contribution in [2.45, 2.75) is 32.3 Å². The first-order valence-electron chi connectivity index (χ1n) is 7.69. The molecule has 0 spiro atoms. The molecule has 0 saturated heterocycles. The van der Waals surface area contributed by atoms with E-state index in [0.29, 0.717) is 23.6 Å². The van der Waals surface area contributed by atoms with Gasteiger partial charge in [-0.25, -0.2) is 0 Å². The number of hydrogen-bond acceptors (Lipinski definition) is 5. The molecule has 23 heavy (non-hydrogen) atoms. The van der Waals surface area contributed by atoms with Crippen molar-refractivity contribution in [2.75, 3.05) is 12.1 Å². The van der Waals surface area contributed by atoms with Crippen molar-refractivity contribution in [1.29, 1.82) is 0 Å². The van der Waals surface area contributed by atoms with Gasteiger partial charge in [0.25, 0.3) is 5.91 Å². The van der Waals surface area contributed by atoms with Crippen LogP contribution in [0.3, 0.4) is 0 Å². The van der Waals surface area contributed by atoms with E-state index < -0.39 is 6.10 Å². The molecule has 2 aliphatic rings. The van der Waals surface area contributed by atoms with Crippen LogP contribution in [0.1, 0.15) is 26.2 Å². The molecule has 0 unspecified atom stereocenters. The van der Waals surface area contributed by atoms with E-state index in [-0.39, 0.29) is 24.6 Å². The molecular weight excluding hydrogens is 298 g/mol. The number of rotatable bonds is 4. The lowest BCUT2D eigenvalue weighted by molar-refractivity contribution is -0.157. The first kappa shape index (κ1) is 15.4. The zero-order chi connectivity index (χ0) is 16.2. The number of fused-ring (bicyclic) bond motifs is 1. The molecule has 2 atom stereocenters. The molecule has 0 fully saturated rings. The molecule has 1 N–H and O–H groups in total. The highest BCUT2D eigenvalue weighted by atomic mass is 16.7. The molecule has 0 bridgehead atoms. The summed E-state index contributed by atoms with van der Waals surface area (Å²) in [5.74, 6) is 0.390. The van der Waals surface area contributed by atoms with Crippen LogP contribution in [0.2, 0.25) is 0 Å². The Kier molecular flexibility index (Phi) is 4.50. The molecule has 6 heteroatoms. The molecule has 1 heterocycles. The number of benzene rings is 1. The second-order valence-electron chi connectivity index (χ2n) is 5.62. The Hall–Kier alpha value is -2.50. The molecule has 1 aliphatic heterocycles. The van der Waals surface area contributed by atoms with Crippen molar-refractivity contribution < 1.29 is 23.8 Å². The summed E-state index contributed by atoms with van der Waals surface area (Å²) in [6.45, 7) is 1.75. The van der Waals surface area contributed by atoms with Gasteiger partial charge in [-0.15, -0.1) is 0 Å². The van der Waals surface area contributed by atoms with Gasteiger partial charge in [0.1, 0.15) is 0 Å². The molecule has 0 aromatic heterocycles. The number of anilines is 1. The van der Waals surface area contributed by atoms with Gasteiger partial charge in [0.2, 0.25) is 6.79 Å². The molecule has 1 aromatic rings. The van der Waals surface area contributed by atoms with Gasteiger partial charge < -0.3 is 19.5 Å². The monoisotopic (exact) mass is 317 g/mol. The summed E-state index contributed by atoms with van der Waals surface area (Å²) in [5, 5.41) is 2.71. The molecule has 1 aromatic carbocycles. The summed E-state index contributed by atoms with van der Waals surface area (Å²) in [6.07, 6.45) is 5.50. The van der Waals surface area contributed by atoms with Crippen LogP contribution in [-0.4, -0.2) is 24.8 Å². The molecule has 3 rings (SSSR count). The average Bonchev–Trinajstić information content (AvgIpc) is 3.03. The Morgan fingerprint density at radius 3 is 2.87 bits per heavy atom. The zero-order valence-corrected chi connectivity index (χ0v) is 12.9. The van der Waals surface area contributed by atoms with Crippen LogP contribution >= 0.6 is 0 Å². The normalized spacial score (nSPS) is 20.0. The largest absolute Gasteiger partial charge is 0.454 e. The first-order valence-corrected chi connectivity index (χ1v) is 7.69. The van der Waals surface area contributed by atoms with Crippen molar-refractivity contribution >= 4 is 17.6 Å². The van der Waals surface area contributed by atoms with Crippen molar-refractivity contribution in [3.63, 3.8) is 0 Å². The highest BCUT2D eigenvalue weighted by Crippen LogP contribution is 2.34. The van der Waals surface area contributed by atoms with Gasteiger partial charge in [0.05, 0.1) is 5.92 Å².